The monoisotopic (exact) mass is 544 g/mol. The molecule has 0 saturated carbocycles. The number of carbonyl (C=O) groups excluding carboxylic acids is 2. The lowest BCUT2D eigenvalue weighted by atomic mass is 9.77. The number of ether oxygens (including phenoxy) is 2. The van der Waals surface area contributed by atoms with Gasteiger partial charge in [0.1, 0.15) is 23.2 Å². The lowest BCUT2D eigenvalue weighted by Gasteiger charge is -2.37. The minimum Gasteiger partial charge on any atom is -0.497 e. The van der Waals surface area contributed by atoms with Gasteiger partial charge in [0.05, 0.1) is 26.2 Å². The van der Waals surface area contributed by atoms with Crippen molar-refractivity contribution in [3.63, 3.8) is 0 Å². The standard InChI is InChI=1S/C30H36N6O4/c1-29(2,3)19-36-22(12-21-16-32-25(15-31)33-27(21)36)18-34-10-8-30(9-11-34)14-26(37)35(28(30)38)17-20-6-7-23(39-4)13-24(20)40-5/h6-7,12-13,16H,8-11,14,17-19H2,1-5H3. The van der Waals surface area contributed by atoms with Crippen LogP contribution >= 0.6 is 0 Å². The molecule has 4 heterocycles. The van der Waals surface area contributed by atoms with Crippen molar-refractivity contribution in [2.75, 3.05) is 27.3 Å². The number of imide groups is 1. The average molecular weight is 545 g/mol. The number of hydrogen-bond donors (Lipinski definition) is 0. The van der Waals surface area contributed by atoms with E-state index >= 15 is 0 Å². The molecular weight excluding hydrogens is 508 g/mol. The van der Waals surface area contributed by atoms with Gasteiger partial charge in [-0.25, -0.2) is 9.97 Å². The zero-order valence-electron chi connectivity index (χ0n) is 23.9. The second-order valence-electron chi connectivity index (χ2n) is 12.1. The molecule has 2 saturated heterocycles. The van der Waals surface area contributed by atoms with E-state index in [0.717, 1.165) is 28.8 Å². The van der Waals surface area contributed by atoms with E-state index in [4.69, 9.17) is 9.47 Å². The summed E-state index contributed by atoms with van der Waals surface area (Å²) in [5.41, 5.74) is 2.00. The molecule has 5 rings (SSSR count). The normalized spacial score (nSPS) is 17.6. The van der Waals surface area contributed by atoms with Gasteiger partial charge in [-0.05, 0) is 49.5 Å². The molecule has 3 aromatic rings. The molecule has 0 atom stereocenters. The summed E-state index contributed by atoms with van der Waals surface area (Å²) < 4.78 is 13.0. The quantitative estimate of drug-likeness (QED) is 0.412. The first kappa shape index (κ1) is 27.6. The van der Waals surface area contributed by atoms with E-state index in [2.05, 4.69) is 46.3 Å². The van der Waals surface area contributed by atoms with Crippen molar-refractivity contribution >= 4 is 22.8 Å². The highest BCUT2D eigenvalue weighted by Crippen LogP contribution is 2.43. The van der Waals surface area contributed by atoms with Gasteiger partial charge in [0.25, 0.3) is 0 Å². The van der Waals surface area contributed by atoms with Gasteiger partial charge in [-0.1, -0.05) is 20.8 Å². The van der Waals surface area contributed by atoms with Gasteiger partial charge in [-0.3, -0.25) is 19.4 Å². The van der Waals surface area contributed by atoms with Gasteiger partial charge in [0, 0.05) is 48.4 Å². The Morgan fingerprint density at radius 2 is 1.82 bits per heavy atom. The van der Waals surface area contributed by atoms with E-state index in [0.29, 0.717) is 44.0 Å². The zero-order chi connectivity index (χ0) is 28.7. The van der Waals surface area contributed by atoms with Crippen LogP contribution in [0.1, 0.15) is 57.1 Å². The zero-order valence-corrected chi connectivity index (χ0v) is 23.9. The molecule has 210 valence electrons. The number of methoxy groups -OCH3 is 2. The topological polar surface area (TPSA) is 114 Å². The minimum atomic E-state index is -0.654. The highest BCUT2D eigenvalue weighted by molar-refractivity contribution is 6.06. The summed E-state index contributed by atoms with van der Waals surface area (Å²) in [7, 11) is 3.15. The van der Waals surface area contributed by atoms with Crippen LogP contribution in [0.4, 0.5) is 0 Å². The fraction of sp³-hybridized carbons (Fsp3) is 0.500. The first-order valence-electron chi connectivity index (χ1n) is 13.6. The molecule has 40 heavy (non-hydrogen) atoms. The Hall–Kier alpha value is -3.97. The Kier molecular flexibility index (Phi) is 7.27. The SMILES string of the molecule is COc1ccc(CN2C(=O)CC3(CCN(Cc4cc5cnc(C#N)nc5n4CC(C)(C)C)CC3)C2=O)c(OC)c1. The number of aromatic nitrogens is 3. The van der Waals surface area contributed by atoms with E-state index in [1.807, 2.05) is 18.2 Å². The third-order valence-electron chi connectivity index (χ3n) is 7.96. The number of fused-ring (bicyclic) bond motifs is 1. The molecule has 0 N–H and O–H groups in total. The van der Waals surface area contributed by atoms with Gasteiger partial charge in [-0.2, -0.15) is 5.26 Å². The first-order valence-corrected chi connectivity index (χ1v) is 13.6. The molecule has 2 aromatic heterocycles. The van der Waals surface area contributed by atoms with E-state index in [1.165, 1.54) is 4.90 Å². The summed E-state index contributed by atoms with van der Waals surface area (Å²) in [5.74, 6) is 1.19. The maximum Gasteiger partial charge on any atom is 0.236 e. The number of hydrogen-bond acceptors (Lipinski definition) is 8. The number of nitriles is 1. The van der Waals surface area contributed by atoms with Crippen molar-refractivity contribution < 1.29 is 19.1 Å². The summed E-state index contributed by atoms with van der Waals surface area (Å²) >= 11 is 0. The number of likely N-dealkylation sites (tertiary alicyclic amines) is 2. The second-order valence-corrected chi connectivity index (χ2v) is 12.1. The summed E-state index contributed by atoms with van der Waals surface area (Å²) in [6.45, 7) is 9.59. The van der Waals surface area contributed by atoms with Crippen molar-refractivity contribution in [1.29, 1.82) is 5.26 Å². The predicted octanol–water partition coefficient (Wildman–Crippen LogP) is 3.91. The molecule has 0 unspecified atom stereocenters. The molecule has 1 spiro atoms. The van der Waals surface area contributed by atoms with Crippen molar-refractivity contribution in [1.82, 2.24) is 24.3 Å². The number of nitrogens with zero attached hydrogens (tertiary/aromatic N) is 6. The lowest BCUT2D eigenvalue weighted by Crippen LogP contribution is -2.44. The number of rotatable bonds is 7. The molecule has 1 aromatic carbocycles. The molecule has 10 heteroatoms. The fourth-order valence-corrected chi connectivity index (χ4v) is 5.86. The molecule has 10 nitrogen and oxygen atoms in total. The Labute approximate surface area is 234 Å². The average Bonchev–Trinajstić information content (AvgIpc) is 3.37. The second kappa shape index (κ2) is 10.5. The summed E-state index contributed by atoms with van der Waals surface area (Å²) in [6, 6.07) is 9.55. The van der Waals surface area contributed by atoms with Crippen LogP contribution in [0.15, 0.2) is 30.5 Å². The number of carbonyl (C=O) groups is 2. The highest BCUT2D eigenvalue weighted by Gasteiger charge is 2.52. The van der Waals surface area contributed by atoms with Gasteiger partial charge in [0.2, 0.25) is 17.6 Å². The van der Waals surface area contributed by atoms with Crippen molar-refractivity contribution in [2.45, 2.75) is 59.7 Å². The van der Waals surface area contributed by atoms with Crippen LogP contribution < -0.4 is 9.47 Å². The third kappa shape index (κ3) is 5.26. The van der Waals surface area contributed by atoms with Crippen LogP contribution in [-0.4, -0.2) is 63.5 Å². The Balaban J connectivity index is 1.31. The maximum atomic E-state index is 13.6. The molecule has 0 aliphatic carbocycles. The van der Waals surface area contributed by atoms with E-state index in [9.17, 15) is 14.9 Å². The van der Waals surface area contributed by atoms with E-state index in [1.54, 1.807) is 26.5 Å². The van der Waals surface area contributed by atoms with E-state index < -0.39 is 5.41 Å². The van der Waals surface area contributed by atoms with Crippen LogP contribution in [-0.2, 0) is 29.2 Å². The minimum absolute atomic E-state index is 0.0110. The summed E-state index contributed by atoms with van der Waals surface area (Å²) in [6.07, 6.45) is 3.22. The van der Waals surface area contributed by atoms with Crippen LogP contribution in [0.2, 0.25) is 0 Å². The Morgan fingerprint density at radius 3 is 2.48 bits per heavy atom. The molecule has 2 fully saturated rings. The van der Waals surface area contributed by atoms with Crippen LogP contribution in [0.3, 0.4) is 0 Å². The number of benzene rings is 1. The lowest BCUT2D eigenvalue weighted by molar-refractivity contribution is -0.143. The summed E-state index contributed by atoms with van der Waals surface area (Å²) in [5, 5.41) is 10.2. The summed E-state index contributed by atoms with van der Waals surface area (Å²) in [4.78, 5) is 39.1. The highest BCUT2D eigenvalue weighted by atomic mass is 16.5. The Bertz CT molecular complexity index is 1490. The van der Waals surface area contributed by atoms with Crippen molar-refractivity contribution in [2.24, 2.45) is 10.8 Å². The maximum absolute atomic E-state index is 13.6. The predicted molar refractivity (Wildman–Crippen MR) is 148 cm³/mol. The van der Waals surface area contributed by atoms with Gasteiger partial charge < -0.3 is 14.0 Å². The van der Waals surface area contributed by atoms with Crippen LogP contribution in [0.5, 0.6) is 11.5 Å². The van der Waals surface area contributed by atoms with Gasteiger partial charge >= 0.3 is 0 Å². The molecule has 2 amide bonds. The Morgan fingerprint density at radius 1 is 1.07 bits per heavy atom. The molecule has 0 radical (unpaired) electrons. The smallest absolute Gasteiger partial charge is 0.236 e. The molecule has 2 aliphatic heterocycles. The van der Waals surface area contributed by atoms with Gasteiger partial charge in [0.15, 0.2) is 0 Å². The van der Waals surface area contributed by atoms with Crippen molar-refractivity contribution in [3.8, 4) is 17.6 Å². The molecule has 0 bridgehead atoms. The first-order chi connectivity index (χ1) is 19.1. The fourth-order valence-electron chi connectivity index (χ4n) is 5.86. The van der Waals surface area contributed by atoms with E-state index in [-0.39, 0.29) is 36.0 Å². The molecular formula is C30H36N6O4. The number of amides is 2. The van der Waals surface area contributed by atoms with Crippen LogP contribution in [0.25, 0.3) is 11.0 Å². The van der Waals surface area contributed by atoms with Gasteiger partial charge in [-0.15, -0.1) is 0 Å². The van der Waals surface area contributed by atoms with Crippen molar-refractivity contribution in [3.05, 3.63) is 47.5 Å². The third-order valence-corrected chi connectivity index (χ3v) is 7.96. The number of piperidine rings is 1. The largest absolute Gasteiger partial charge is 0.497 e. The van der Waals surface area contributed by atoms with Crippen LogP contribution in [0, 0.1) is 22.2 Å². The molecule has 2 aliphatic rings.